The van der Waals surface area contributed by atoms with Gasteiger partial charge >= 0.3 is 12.1 Å². The molecule has 0 bridgehead atoms. The van der Waals surface area contributed by atoms with Gasteiger partial charge in [-0.05, 0) is 35.6 Å². The van der Waals surface area contributed by atoms with Crippen LogP contribution < -0.4 is 5.32 Å². The SMILES string of the molecule is CC=CC[C@H](NC(=O)OCC1c2ccccc2-c2ccccc21)C(=O)O. The lowest BCUT2D eigenvalue weighted by Gasteiger charge is -2.16. The number of rotatable bonds is 6. The summed E-state index contributed by atoms with van der Waals surface area (Å²) in [6, 6.07) is 15.1. The number of fused-ring (bicyclic) bond motifs is 3. The van der Waals surface area contributed by atoms with Crippen LogP contribution in [0, 0.1) is 0 Å². The van der Waals surface area contributed by atoms with E-state index in [0.29, 0.717) is 0 Å². The normalized spacial score (nSPS) is 13.9. The Labute approximate surface area is 152 Å². The van der Waals surface area contributed by atoms with Gasteiger partial charge in [0.15, 0.2) is 0 Å². The highest BCUT2D eigenvalue weighted by molar-refractivity contribution is 5.81. The van der Waals surface area contributed by atoms with E-state index in [-0.39, 0.29) is 18.9 Å². The average Bonchev–Trinajstić information content (AvgIpc) is 2.97. The van der Waals surface area contributed by atoms with Gasteiger partial charge in [0.25, 0.3) is 0 Å². The molecule has 2 aromatic rings. The van der Waals surface area contributed by atoms with Gasteiger partial charge in [-0.1, -0.05) is 60.7 Å². The van der Waals surface area contributed by atoms with Crippen molar-refractivity contribution in [3.05, 3.63) is 71.8 Å². The highest BCUT2D eigenvalue weighted by Gasteiger charge is 2.29. The molecule has 0 spiro atoms. The quantitative estimate of drug-likeness (QED) is 0.773. The Morgan fingerprint density at radius 1 is 1.12 bits per heavy atom. The van der Waals surface area contributed by atoms with Gasteiger partial charge in [-0.25, -0.2) is 9.59 Å². The van der Waals surface area contributed by atoms with Gasteiger partial charge in [0, 0.05) is 5.92 Å². The first-order valence-corrected chi connectivity index (χ1v) is 8.57. The summed E-state index contributed by atoms with van der Waals surface area (Å²) in [6.07, 6.45) is 2.94. The minimum Gasteiger partial charge on any atom is -0.480 e. The van der Waals surface area contributed by atoms with Crippen LogP contribution in [-0.2, 0) is 9.53 Å². The van der Waals surface area contributed by atoms with Crippen molar-refractivity contribution in [2.75, 3.05) is 6.61 Å². The number of alkyl carbamates (subject to hydrolysis) is 1. The summed E-state index contributed by atoms with van der Waals surface area (Å²) in [5.41, 5.74) is 4.53. The Bertz CT molecular complexity index is 798. The maximum Gasteiger partial charge on any atom is 0.407 e. The third kappa shape index (κ3) is 3.61. The summed E-state index contributed by atoms with van der Waals surface area (Å²) < 4.78 is 5.36. The number of aliphatic carboxylic acids is 1. The summed E-state index contributed by atoms with van der Waals surface area (Å²) in [7, 11) is 0. The fourth-order valence-corrected chi connectivity index (χ4v) is 3.28. The third-order valence-corrected chi connectivity index (χ3v) is 4.54. The molecule has 5 nitrogen and oxygen atoms in total. The number of benzene rings is 2. The van der Waals surface area contributed by atoms with Crippen molar-refractivity contribution in [3.63, 3.8) is 0 Å². The van der Waals surface area contributed by atoms with E-state index >= 15 is 0 Å². The monoisotopic (exact) mass is 351 g/mol. The summed E-state index contributed by atoms with van der Waals surface area (Å²) in [4.78, 5) is 23.3. The molecule has 134 valence electrons. The van der Waals surface area contributed by atoms with Gasteiger partial charge in [0.1, 0.15) is 12.6 Å². The van der Waals surface area contributed by atoms with E-state index in [9.17, 15) is 14.7 Å². The molecule has 2 aromatic carbocycles. The van der Waals surface area contributed by atoms with Crippen LogP contribution in [0.15, 0.2) is 60.7 Å². The van der Waals surface area contributed by atoms with Gasteiger partial charge in [0.2, 0.25) is 0 Å². The number of hydrogen-bond acceptors (Lipinski definition) is 3. The van der Waals surface area contributed by atoms with Gasteiger partial charge in [-0.15, -0.1) is 0 Å². The second-order valence-electron chi connectivity index (χ2n) is 6.17. The smallest absolute Gasteiger partial charge is 0.407 e. The number of carbonyl (C=O) groups excluding carboxylic acids is 1. The van der Waals surface area contributed by atoms with Crippen LogP contribution in [0.5, 0.6) is 0 Å². The molecule has 1 amide bonds. The minimum atomic E-state index is -1.09. The molecule has 0 saturated heterocycles. The zero-order valence-electron chi connectivity index (χ0n) is 14.5. The van der Waals surface area contributed by atoms with Crippen molar-refractivity contribution in [1.29, 1.82) is 0 Å². The molecule has 2 N–H and O–H groups in total. The molecular weight excluding hydrogens is 330 g/mol. The van der Waals surface area contributed by atoms with Crippen LogP contribution in [0.25, 0.3) is 11.1 Å². The van der Waals surface area contributed by atoms with Crippen LogP contribution in [0.2, 0.25) is 0 Å². The maximum absolute atomic E-state index is 12.1. The molecule has 0 saturated carbocycles. The second-order valence-corrected chi connectivity index (χ2v) is 6.17. The highest BCUT2D eigenvalue weighted by Crippen LogP contribution is 2.44. The second kappa shape index (κ2) is 7.87. The first kappa shape index (κ1) is 17.7. The molecule has 5 heteroatoms. The van der Waals surface area contributed by atoms with Gasteiger partial charge in [0.05, 0.1) is 0 Å². The molecule has 0 unspecified atom stereocenters. The Morgan fingerprint density at radius 3 is 2.23 bits per heavy atom. The fourth-order valence-electron chi connectivity index (χ4n) is 3.28. The first-order valence-electron chi connectivity index (χ1n) is 8.57. The van der Waals surface area contributed by atoms with Crippen LogP contribution in [-0.4, -0.2) is 29.8 Å². The van der Waals surface area contributed by atoms with Crippen LogP contribution >= 0.6 is 0 Å². The average molecular weight is 351 g/mol. The molecule has 0 radical (unpaired) electrons. The highest BCUT2D eigenvalue weighted by atomic mass is 16.5. The summed E-state index contributed by atoms with van der Waals surface area (Å²) >= 11 is 0. The van der Waals surface area contributed by atoms with E-state index in [1.54, 1.807) is 19.1 Å². The minimum absolute atomic E-state index is 0.0491. The van der Waals surface area contributed by atoms with E-state index in [1.165, 1.54) is 0 Å². The third-order valence-electron chi connectivity index (χ3n) is 4.54. The summed E-state index contributed by atoms with van der Waals surface area (Å²) in [6.45, 7) is 1.96. The lowest BCUT2D eigenvalue weighted by molar-refractivity contribution is -0.139. The molecule has 0 fully saturated rings. The van der Waals surface area contributed by atoms with Crippen LogP contribution in [0.1, 0.15) is 30.4 Å². The predicted molar refractivity (Wildman–Crippen MR) is 99.1 cm³/mol. The zero-order valence-corrected chi connectivity index (χ0v) is 14.5. The van der Waals surface area contributed by atoms with Crippen molar-refractivity contribution < 1.29 is 19.4 Å². The molecule has 26 heavy (non-hydrogen) atoms. The largest absolute Gasteiger partial charge is 0.480 e. The number of allylic oxidation sites excluding steroid dienone is 1. The Hall–Kier alpha value is -3.08. The fraction of sp³-hybridized carbons (Fsp3) is 0.238. The number of carbonyl (C=O) groups is 2. The van der Waals surface area contributed by atoms with E-state index < -0.39 is 18.1 Å². The van der Waals surface area contributed by atoms with E-state index in [4.69, 9.17) is 4.74 Å². The number of carboxylic acids is 1. The lowest BCUT2D eigenvalue weighted by Crippen LogP contribution is -2.41. The molecule has 1 aliphatic rings. The van der Waals surface area contributed by atoms with Crippen molar-refractivity contribution in [2.24, 2.45) is 0 Å². The van der Waals surface area contributed by atoms with Crippen molar-refractivity contribution in [1.82, 2.24) is 5.32 Å². The van der Waals surface area contributed by atoms with Crippen molar-refractivity contribution >= 4 is 12.1 Å². The van der Waals surface area contributed by atoms with E-state index in [1.807, 2.05) is 36.4 Å². The number of amides is 1. The van der Waals surface area contributed by atoms with Gasteiger partial charge in [-0.3, -0.25) is 0 Å². The Morgan fingerprint density at radius 2 is 1.69 bits per heavy atom. The molecular formula is C21H21NO4. The standard InChI is InChI=1S/C21H21NO4/c1-2-3-12-19(20(23)24)22-21(25)26-13-18-16-10-6-4-8-14(16)15-9-5-7-11-17(15)18/h2-11,18-19H,12-13H2,1H3,(H,22,25)(H,23,24)/t19-/m0/s1. The number of ether oxygens (including phenoxy) is 1. The Kier molecular flexibility index (Phi) is 5.37. The molecule has 1 atom stereocenters. The molecule has 0 aromatic heterocycles. The van der Waals surface area contributed by atoms with Crippen LogP contribution in [0.3, 0.4) is 0 Å². The van der Waals surface area contributed by atoms with E-state index in [0.717, 1.165) is 22.3 Å². The summed E-state index contributed by atoms with van der Waals surface area (Å²) in [5.74, 6) is -1.14. The number of carboxylic acid groups (broad SMARTS) is 1. The lowest BCUT2D eigenvalue weighted by atomic mass is 9.98. The summed E-state index contributed by atoms with van der Waals surface area (Å²) in [5, 5.41) is 11.6. The number of nitrogens with one attached hydrogen (secondary N) is 1. The van der Waals surface area contributed by atoms with Crippen molar-refractivity contribution in [2.45, 2.75) is 25.3 Å². The van der Waals surface area contributed by atoms with Crippen LogP contribution in [0.4, 0.5) is 4.79 Å². The zero-order chi connectivity index (χ0) is 18.5. The molecule has 0 heterocycles. The van der Waals surface area contributed by atoms with Crippen molar-refractivity contribution in [3.8, 4) is 11.1 Å². The molecule has 1 aliphatic carbocycles. The molecule has 3 rings (SSSR count). The van der Waals surface area contributed by atoms with E-state index in [2.05, 4.69) is 17.4 Å². The first-order chi connectivity index (χ1) is 12.6. The van der Waals surface area contributed by atoms with Gasteiger partial charge < -0.3 is 15.2 Å². The Balaban J connectivity index is 1.70. The maximum atomic E-state index is 12.1. The van der Waals surface area contributed by atoms with Gasteiger partial charge in [-0.2, -0.15) is 0 Å². The predicted octanol–water partition coefficient (Wildman–Crippen LogP) is 3.94. The molecule has 0 aliphatic heterocycles. The number of hydrogen-bond donors (Lipinski definition) is 2. The topological polar surface area (TPSA) is 75.6 Å².